The number of benzene rings is 2. The molecule has 2 aliphatic heterocycles. The average Bonchev–Trinajstić information content (AvgIpc) is 2.91. The van der Waals surface area contributed by atoms with Crippen molar-refractivity contribution >= 4 is 23.6 Å². The first-order valence-corrected chi connectivity index (χ1v) is 13.9. The highest BCUT2D eigenvalue weighted by Crippen LogP contribution is 2.29. The van der Waals surface area contributed by atoms with E-state index in [0.29, 0.717) is 39.3 Å². The predicted octanol–water partition coefficient (Wildman–Crippen LogP) is 2.23. The summed E-state index contributed by atoms with van der Waals surface area (Å²) in [4.78, 5) is 30.8. The van der Waals surface area contributed by atoms with Crippen molar-refractivity contribution in [3.8, 4) is 18.1 Å². The zero-order valence-corrected chi connectivity index (χ0v) is 22.3. The van der Waals surface area contributed by atoms with Gasteiger partial charge in [0.1, 0.15) is 18.0 Å². The lowest BCUT2D eigenvalue weighted by Crippen LogP contribution is -2.75. The molecule has 0 unspecified atom stereocenters. The van der Waals surface area contributed by atoms with Crippen molar-refractivity contribution < 1.29 is 14.3 Å². The Kier molecular flexibility index (Phi) is 9.47. The minimum absolute atomic E-state index is 0.00272. The van der Waals surface area contributed by atoms with E-state index >= 15 is 0 Å². The molecule has 0 bridgehead atoms. The van der Waals surface area contributed by atoms with Gasteiger partial charge in [0.25, 0.3) is 0 Å². The molecule has 2 atom stereocenters. The maximum Gasteiger partial charge on any atom is 0.245 e. The number of terminal acetylenes is 1. The van der Waals surface area contributed by atoms with Crippen molar-refractivity contribution in [1.29, 1.82) is 0 Å². The number of nitrogens with one attached hydrogen (secondary N) is 1. The maximum atomic E-state index is 13.7. The fourth-order valence-electron chi connectivity index (χ4n) is 4.96. The Morgan fingerprint density at radius 3 is 2.54 bits per heavy atom. The van der Waals surface area contributed by atoms with E-state index < -0.39 is 6.04 Å². The van der Waals surface area contributed by atoms with Gasteiger partial charge in [-0.1, -0.05) is 48.4 Å². The van der Waals surface area contributed by atoms with Crippen LogP contribution < -0.4 is 10.1 Å². The molecule has 9 heteroatoms. The Morgan fingerprint density at radius 1 is 1.11 bits per heavy atom. The Hall–Kier alpha value is -3.03. The quantitative estimate of drug-likeness (QED) is 0.455. The monoisotopic (exact) mass is 521 g/mol. The van der Waals surface area contributed by atoms with Crippen LogP contribution in [0, 0.1) is 12.3 Å². The highest BCUT2D eigenvalue weighted by Gasteiger charge is 2.49. The summed E-state index contributed by atoms with van der Waals surface area (Å²) in [6, 6.07) is 17.4. The van der Waals surface area contributed by atoms with Gasteiger partial charge in [-0.2, -0.15) is 11.8 Å². The molecule has 2 aliphatic rings. The van der Waals surface area contributed by atoms with Crippen molar-refractivity contribution in [2.75, 3.05) is 45.4 Å². The van der Waals surface area contributed by atoms with Crippen LogP contribution in [0.3, 0.4) is 0 Å². The van der Waals surface area contributed by atoms with Crippen molar-refractivity contribution in [3.05, 3.63) is 65.7 Å². The number of methoxy groups -OCH3 is 1. The second kappa shape index (κ2) is 13.0. The molecule has 37 heavy (non-hydrogen) atoms. The van der Waals surface area contributed by atoms with E-state index in [2.05, 4.69) is 28.4 Å². The van der Waals surface area contributed by atoms with Gasteiger partial charge in [-0.25, -0.2) is 10.0 Å². The molecule has 0 aliphatic carbocycles. The lowest BCUT2D eigenvalue weighted by Gasteiger charge is -2.55. The molecule has 2 aromatic carbocycles. The average molecular weight is 522 g/mol. The van der Waals surface area contributed by atoms with Crippen molar-refractivity contribution in [1.82, 2.24) is 25.1 Å². The Labute approximate surface area is 223 Å². The number of carbonyl (C=O) groups is 2. The molecular formula is C28H35N5O3S. The van der Waals surface area contributed by atoms with Crippen molar-refractivity contribution in [2.45, 2.75) is 31.7 Å². The Morgan fingerprint density at radius 2 is 1.86 bits per heavy atom. The molecule has 2 aromatic rings. The Balaban J connectivity index is 1.58. The molecule has 0 saturated carbocycles. The second-order valence-corrected chi connectivity index (χ2v) is 10.2. The molecule has 2 heterocycles. The maximum absolute atomic E-state index is 13.7. The number of nitrogens with zero attached hydrogens (tertiary/aromatic N) is 4. The van der Waals surface area contributed by atoms with Crippen LogP contribution in [0.5, 0.6) is 5.75 Å². The highest BCUT2D eigenvalue weighted by molar-refractivity contribution is 7.98. The topological polar surface area (TPSA) is 68.4 Å². The van der Waals surface area contributed by atoms with Crippen LogP contribution in [0.2, 0.25) is 0 Å². The lowest BCUT2D eigenvalue weighted by atomic mass is 10.0. The third-order valence-electron chi connectivity index (χ3n) is 6.80. The van der Waals surface area contributed by atoms with Crippen LogP contribution >= 0.6 is 11.8 Å². The van der Waals surface area contributed by atoms with Crippen molar-refractivity contribution in [3.63, 3.8) is 0 Å². The van der Waals surface area contributed by atoms with Gasteiger partial charge in [0.2, 0.25) is 11.8 Å². The molecule has 4 rings (SSSR count). The normalized spacial score (nSPS) is 20.6. The number of carbonyl (C=O) groups excluding carboxylic acids is 2. The highest BCUT2D eigenvalue weighted by atomic mass is 32.2. The number of rotatable bonds is 11. The minimum Gasteiger partial charge on any atom is -0.497 e. The fraction of sp³-hybridized carbons (Fsp3) is 0.429. The van der Waals surface area contributed by atoms with E-state index in [1.807, 2.05) is 58.6 Å². The van der Waals surface area contributed by atoms with Crippen LogP contribution in [0.1, 0.15) is 17.5 Å². The first-order valence-electron chi connectivity index (χ1n) is 12.5. The van der Waals surface area contributed by atoms with Gasteiger partial charge < -0.3 is 14.5 Å². The fourth-order valence-corrected chi connectivity index (χ4v) is 5.42. The number of piperazine rings is 1. The summed E-state index contributed by atoms with van der Waals surface area (Å²) in [6.45, 7) is 2.55. The summed E-state index contributed by atoms with van der Waals surface area (Å²) in [7, 11) is 1.64. The number of thioether (sulfide) groups is 1. The number of fused-ring (bicyclic) bond motifs is 1. The van der Waals surface area contributed by atoms with Crippen LogP contribution in [0.25, 0.3) is 0 Å². The van der Waals surface area contributed by atoms with Crippen LogP contribution in [0.4, 0.5) is 0 Å². The molecule has 2 fully saturated rings. The summed E-state index contributed by atoms with van der Waals surface area (Å²) in [5.74, 6) is 4.21. The molecule has 196 valence electrons. The molecular weight excluding hydrogens is 486 g/mol. The number of hydrazine groups is 1. The summed E-state index contributed by atoms with van der Waals surface area (Å²) in [6.07, 6.45) is 8.01. The molecule has 2 amide bonds. The van der Waals surface area contributed by atoms with Crippen LogP contribution in [-0.2, 0) is 22.7 Å². The minimum atomic E-state index is -0.499. The smallest absolute Gasteiger partial charge is 0.245 e. The standard InChI is InChI=1S/C28H35N5O3S/c1-4-15-31-20-27(34)33-25(14-16-37-3)28(35)30(18-23-10-12-24(36-2)13-11-23)19-26(33)32(31)21-29-17-22-8-6-5-7-9-22/h1,5-13,25-26,29H,14-21H2,2-3H3/t25-,26+/m0/s1. The van der Waals surface area contributed by atoms with Gasteiger partial charge in [0.15, 0.2) is 0 Å². The number of hydrogen-bond acceptors (Lipinski definition) is 7. The van der Waals surface area contributed by atoms with Gasteiger partial charge in [0, 0.05) is 13.1 Å². The number of amides is 2. The predicted molar refractivity (Wildman–Crippen MR) is 146 cm³/mol. The molecule has 8 nitrogen and oxygen atoms in total. The van der Waals surface area contributed by atoms with Gasteiger partial charge in [-0.05, 0) is 41.7 Å². The zero-order valence-electron chi connectivity index (χ0n) is 21.5. The van der Waals surface area contributed by atoms with E-state index in [9.17, 15) is 9.59 Å². The number of ether oxygens (including phenoxy) is 1. The summed E-state index contributed by atoms with van der Waals surface area (Å²) in [5.41, 5.74) is 2.19. The van der Waals surface area contributed by atoms with E-state index in [-0.39, 0.29) is 24.5 Å². The molecule has 2 saturated heterocycles. The first-order chi connectivity index (χ1) is 18.0. The third kappa shape index (κ3) is 6.46. The second-order valence-electron chi connectivity index (χ2n) is 9.18. The van der Waals surface area contributed by atoms with Crippen LogP contribution in [-0.4, -0.2) is 89.3 Å². The summed E-state index contributed by atoms with van der Waals surface area (Å²) in [5, 5.41) is 7.56. The van der Waals surface area contributed by atoms with E-state index in [1.54, 1.807) is 23.8 Å². The summed E-state index contributed by atoms with van der Waals surface area (Å²) < 4.78 is 5.28. The largest absolute Gasteiger partial charge is 0.497 e. The molecule has 0 aromatic heterocycles. The van der Waals surface area contributed by atoms with E-state index in [4.69, 9.17) is 11.2 Å². The van der Waals surface area contributed by atoms with Gasteiger partial charge in [0.05, 0.1) is 33.4 Å². The van der Waals surface area contributed by atoms with Gasteiger partial charge in [-0.15, -0.1) is 6.42 Å². The van der Waals surface area contributed by atoms with Crippen LogP contribution in [0.15, 0.2) is 54.6 Å². The van der Waals surface area contributed by atoms with E-state index in [1.165, 1.54) is 5.56 Å². The van der Waals surface area contributed by atoms with Gasteiger partial charge >= 0.3 is 0 Å². The zero-order chi connectivity index (χ0) is 26.2. The molecule has 1 N–H and O–H groups in total. The van der Waals surface area contributed by atoms with Crippen molar-refractivity contribution in [2.24, 2.45) is 0 Å². The molecule has 0 spiro atoms. The number of hydrogen-bond donors (Lipinski definition) is 1. The summed E-state index contributed by atoms with van der Waals surface area (Å²) >= 11 is 1.68. The first kappa shape index (κ1) is 27.0. The Bertz CT molecular complexity index is 1090. The molecule has 0 radical (unpaired) electrons. The third-order valence-corrected chi connectivity index (χ3v) is 7.44. The van der Waals surface area contributed by atoms with E-state index in [0.717, 1.165) is 17.1 Å². The van der Waals surface area contributed by atoms with Gasteiger partial charge in [-0.3, -0.25) is 14.9 Å². The SMILES string of the molecule is C#CCN1CC(=O)N2[C@@H](CCSC)C(=O)N(Cc3ccc(OC)cc3)C[C@@H]2N1CNCc1ccccc1. The lowest BCUT2D eigenvalue weighted by molar-refractivity contribution is -0.203.